The standard InChI is InChI=1S/C18H20N6OS/c1-4-19-18(25)24(26)16-9-8-14-17(23-16)22-15(10-20-14)21-13-7-5-6-11(2)12(13)3/h5-10,26H,4H2,1-3H3,(H,19,25)(H,21,22,23). The first-order valence-corrected chi connectivity index (χ1v) is 8.63. The van der Waals surface area contributed by atoms with Crippen molar-refractivity contribution in [3.05, 3.63) is 47.7 Å². The molecule has 3 aromatic rings. The van der Waals surface area contributed by atoms with Gasteiger partial charge in [-0.1, -0.05) is 24.9 Å². The molecule has 2 heterocycles. The summed E-state index contributed by atoms with van der Waals surface area (Å²) in [5.74, 6) is 0.963. The minimum Gasteiger partial charge on any atom is -0.339 e. The van der Waals surface area contributed by atoms with Crippen LogP contribution in [0.4, 0.5) is 22.1 Å². The predicted octanol–water partition coefficient (Wildman–Crippen LogP) is 3.77. The summed E-state index contributed by atoms with van der Waals surface area (Å²) in [7, 11) is 0. The molecule has 0 saturated heterocycles. The molecule has 2 amide bonds. The van der Waals surface area contributed by atoms with Crippen LogP contribution in [0.1, 0.15) is 18.1 Å². The maximum atomic E-state index is 11.9. The fraction of sp³-hybridized carbons (Fsp3) is 0.222. The van der Waals surface area contributed by atoms with Gasteiger partial charge in [0.25, 0.3) is 0 Å². The van der Waals surface area contributed by atoms with Crippen molar-refractivity contribution in [2.24, 2.45) is 0 Å². The van der Waals surface area contributed by atoms with Crippen LogP contribution in [0.5, 0.6) is 0 Å². The quantitative estimate of drug-likeness (QED) is 0.611. The van der Waals surface area contributed by atoms with E-state index in [1.807, 2.05) is 26.0 Å². The average molecular weight is 368 g/mol. The van der Waals surface area contributed by atoms with Crippen molar-refractivity contribution < 1.29 is 4.79 Å². The van der Waals surface area contributed by atoms with E-state index < -0.39 is 0 Å². The van der Waals surface area contributed by atoms with E-state index in [4.69, 9.17) is 0 Å². The fourth-order valence-electron chi connectivity index (χ4n) is 2.42. The van der Waals surface area contributed by atoms with E-state index in [1.165, 1.54) is 5.56 Å². The molecule has 2 N–H and O–H groups in total. The van der Waals surface area contributed by atoms with Crippen LogP contribution in [0, 0.1) is 13.8 Å². The van der Waals surface area contributed by atoms with Crippen LogP contribution in [0.2, 0.25) is 0 Å². The number of amides is 2. The zero-order valence-electron chi connectivity index (χ0n) is 14.8. The summed E-state index contributed by atoms with van der Waals surface area (Å²) < 4.78 is 1.15. The summed E-state index contributed by atoms with van der Waals surface area (Å²) in [6, 6.07) is 9.12. The Balaban J connectivity index is 1.92. The number of aromatic nitrogens is 3. The Bertz CT molecular complexity index is 962. The SMILES string of the molecule is CCNC(=O)N(S)c1ccc2ncc(Nc3cccc(C)c3C)nc2n1. The predicted molar refractivity (Wildman–Crippen MR) is 107 cm³/mol. The van der Waals surface area contributed by atoms with Gasteiger partial charge in [0, 0.05) is 12.2 Å². The van der Waals surface area contributed by atoms with Gasteiger partial charge in [-0.05, 0) is 50.1 Å². The molecule has 3 rings (SSSR count). The van der Waals surface area contributed by atoms with E-state index in [-0.39, 0.29) is 6.03 Å². The lowest BCUT2D eigenvalue weighted by Gasteiger charge is -2.15. The van der Waals surface area contributed by atoms with Gasteiger partial charge in [0.2, 0.25) is 0 Å². The van der Waals surface area contributed by atoms with Crippen LogP contribution in [0.3, 0.4) is 0 Å². The summed E-state index contributed by atoms with van der Waals surface area (Å²) in [5, 5.41) is 5.94. The first-order valence-electron chi connectivity index (χ1n) is 8.23. The molecule has 0 atom stereocenters. The van der Waals surface area contributed by atoms with E-state index in [9.17, 15) is 4.79 Å². The van der Waals surface area contributed by atoms with E-state index >= 15 is 0 Å². The second-order valence-corrected chi connectivity index (χ2v) is 6.19. The number of fused-ring (bicyclic) bond motifs is 1. The van der Waals surface area contributed by atoms with E-state index in [2.05, 4.69) is 51.4 Å². The maximum absolute atomic E-state index is 11.9. The van der Waals surface area contributed by atoms with E-state index in [0.717, 1.165) is 15.6 Å². The number of pyridine rings is 1. The molecule has 2 aromatic heterocycles. The molecule has 0 unspecified atom stereocenters. The number of carbonyl (C=O) groups excluding carboxylic acids is 1. The van der Waals surface area contributed by atoms with Crippen molar-refractivity contribution in [1.82, 2.24) is 20.3 Å². The van der Waals surface area contributed by atoms with Gasteiger partial charge < -0.3 is 10.6 Å². The number of benzene rings is 1. The molecule has 26 heavy (non-hydrogen) atoms. The van der Waals surface area contributed by atoms with Gasteiger partial charge in [0.15, 0.2) is 11.5 Å². The molecule has 0 fully saturated rings. The highest BCUT2D eigenvalue weighted by Gasteiger charge is 2.13. The smallest absolute Gasteiger partial charge is 0.333 e. The molecular weight excluding hydrogens is 348 g/mol. The molecule has 0 radical (unpaired) electrons. The number of rotatable bonds is 4. The zero-order chi connectivity index (χ0) is 18.7. The van der Waals surface area contributed by atoms with Crippen molar-refractivity contribution in [2.45, 2.75) is 20.8 Å². The molecule has 0 saturated carbocycles. The molecular formula is C18H20N6OS. The number of carbonyl (C=O) groups is 1. The van der Waals surface area contributed by atoms with Gasteiger partial charge in [0.1, 0.15) is 11.3 Å². The lowest BCUT2D eigenvalue weighted by Crippen LogP contribution is -2.34. The molecule has 0 aliphatic heterocycles. The Morgan fingerprint density at radius 1 is 1.19 bits per heavy atom. The van der Waals surface area contributed by atoms with Crippen molar-refractivity contribution in [3.8, 4) is 0 Å². The number of hydrogen-bond acceptors (Lipinski definition) is 6. The van der Waals surface area contributed by atoms with Gasteiger partial charge in [-0.2, -0.15) is 0 Å². The number of aryl methyl sites for hydroxylation is 1. The van der Waals surface area contributed by atoms with Gasteiger partial charge >= 0.3 is 6.03 Å². The van der Waals surface area contributed by atoms with Crippen LogP contribution in [-0.2, 0) is 0 Å². The zero-order valence-corrected chi connectivity index (χ0v) is 15.7. The van der Waals surface area contributed by atoms with Gasteiger partial charge in [0.05, 0.1) is 6.20 Å². The summed E-state index contributed by atoms with van der Waals surface area (Å²) in [6.45, 7) is 6.45. The van der Waals surface area contributed by atoms with Crippen LogP contribution in [0.25, 0.3) is 11.2 Å². The molecule has 0 aliphatic carbocycles. The third kappa shape index (κ3) is 3.70. The summed E-state index contributed by atoms with van der Waals surface area (Å²) in [5.41, 5.74) is 4.37. The minimum atomic E-state index is -0.347. The van der Waals surface area contributed by atoms with E-state index in [0.29, 0.717) is 29.3 Å². The Kier molecular flexibility index (Phi) is 5.22. The Morgan fingerprint density at radius 2 is 2.00 bits per heavy atom. The molecule has 134 valence electrons. The number of urea groups is 1. The maximum Gasteiger partial charge on any atom is 0.333 e. The minimum absolute atomic E-state index is 0.347. The monoisotopic (exact) mass is 368 g/mol. The van der Waals surface area contributed by atoms with E-state index in [1.54, 1.807) is 18.3 Å². The molecule has 0 aliphatic rings. The van der Waals surface area contributed by atoms with Crippen LogP contribution in [0.15, 0.2) is 36.5 Å². The highest BCUT2D eigenvalue weighted by atomic mass is 32.1. The highest BCUT2D eigenvalue weighted by Crippen LogP contribution is 2.23. The first-order chi connectivity index (χ1) is 12.5. The van der Waals surface area contributed by atoms with Gasteiger partial charge in [-0.25, -0.2) is 24.1 Å². The third-order valence-corrected chi connectivity index (χ3v) is 4.38. The van der Waals surface area contributed by atoms with Crippen molar-refractivity contribution in [1.29, 1.82) is 0 Å². The number of thiol groups is 1. The van der Waals surface area contributed by atoms with Gasteiger partial charge in [-0.3, -0.25) is 0 Å². The topological polar surface area (TPSA) is 83.0 Å². The summed E-state index contributed by atoms with van der Waals surface area (Å²) >= 11 is 4.20. The second-order valence-electron chi connectivity index (χ2n) is 5.79. The van der Waals surface area contributed by atoms with Crippen LogP contribution in [-0.4, -0.2) is 27.5 Å². The largest absolute Gasteiger partial charge is 0.339 e. The third-order valence-electron chi connectivity index (χ3n) is 4.00. The lowest BCUT2D eigenvalue weighted by atomic mass is 10.1. The highest BCUT2D eigenvalue weighted by molar-refractivity contribution is 7.82. The van der Waals surface area contributed by atoms with Crippen LogP contribution >= 0.6 is 12.8 Å². The number of nitrogens with zero attached hydrogens (tertiary/aromatic N) is 4. The van der Waals surface area contributed by atoms with Gasteiger partial charge in [-0.15, -0.1) is 0 Å². The Hall–Kier alpha value is -2.87. The molecule has 1 aromatic carbocycles. The number of hydrogen-bond donors (Lipinski definition) is 3. The van der Waals surface area contributed by atoms with Crippen LogP contribution < -0.4 is 14.9 Å². The molecule has 8 heteroatoms. The molecule has 0 spiro atoms. The number of nitrogens with one attached hydrogen (secondary N) is 2. The van der Waals surface area contributed by atoms with Crippen molar-refractivity contribution in [3.63, 3.8) is 0 Å². The normalized spacial score (nSPS) is 10.6. The fourth-order valence-corrected chi connectivity index (χ4v) is 2.60. The Labute approximate surface area is 157 Å². The number of anilines is 3. The van der Waals surface area contributed by atoms with Crippen molar-refractivity contribution in [2.75, 3.05) is 16.2 Å². The first kappa shape index (κ1) is 17.9. The Morgan fingerprint density at radius 3 is 2.77 bits per heavy atom. The summed E-state index contributed by atoms with van der Waals surface area (Å²) in [6.07, 6.45) is 1.66. The summed E-state index contributed by atoms with van der Waals surface area (Å²) in [4.78, 5) is 25.2. The molecule has 0 bridgehead atoms. The van der Waals surface area contributed by atoms with Crippen molar-refractivity contribution >= 4 is 47.3 Å². The average Bonchev–Trinajstić information content (AvgIpc) is 2.64. The molecule has 7 nitrogen and oxygen atoms in total. The second kappa shape index (κ2) is 7.57. The lowest BCUT2D eigenvalue weighted by molar-refractivity contribution is 0.250.